The first-order chi connectivity index (χ1) is 9.67. The molecule has 2 amide bonds. The number of para-hydroxylation sites is 1. The SMILES string of the molecule is CCOC(=O)CNC(=O)NCc1ccccc1OCC. The Hall–Kier alpha value is -2.24. The second kappa shape index (κ2) is 8.79. The Kier molecular flexibility index (Phi) is 6.95. The van der Waals surface area contributed by atoms with Crippen LogP contribution in [-0.2, 0) is 16.1 Å². The molecular formula is C14H20N2O4. The number of carbonyl (C=O) groups is 2. The van der Waals surface area contributed by atoms with Gasteiger partial charge in [-0.2, -0.15) is 0 Å². The molecule has 0 aliphatic carbocycles. The van der Waals surface area contributed by atoms with Gasteiger partial charge < -0.3 is 20.1 Å². The summed E-state index contributed by atoms with van der Waals surface area (Å²) in [5.41, 5.74) is 0.876. The summed E-state index contributed by atoms with van der Waals surface area (Å²) in [5.74, 6) is 0.276. The molecule has 1 aromatic carbocycles. The van der Waals surface area contributed by atoms with Crippen LogP contribution < -0.4 is 15.4 Å². The minimum atomic E-state index is -0.461. The van der Waals surface area contributed by atoms with Gasteiger partial charge in [0.05, 0.1) is 13.2 Å². The van der Waals surface area contributed by atoms with Gasteiger partial charge >= 0.3 is 12.0 Å². The Morgan fingerprint density at radius 2 is 1.85 bits per heavy atom. The number of urea groups is 1. The third kappa shape index (κ3) is 5.60. The molecule has 0 saturated heterocycles. The van der Waals surface area contributed by atoms with E-state index in [4.69, 9.17) is 9.47 Å². The van der Waals surface area contributed by atoms with Gasteiger partial charge in [0.1, 0.15) is 12.3 Å². The number of amides is 2. The Balaban J connectivity index is 2.39. The van der Waals surface area contributed by atoms with Gasteiger partial charge in [0, 0.05) is 12.1 Å². The average molecular weight is 280 g/mol. The van der Waals surface area contributed by atoms with Gasteiger partial charge in [-0.05, 0) is 19.9 Å². The second-order valence-electron chi connectivity index (χ2n) is 3.88. The van der Waals surface area contributed by atoms with Crippen molar-refractivity contribution in [3.8, 4) is 5.75 Å². The highest BCUT2D eigenvalue weighted by molar-refractivity contribution is 5.80. The van der Waals surface area contributed by atoms with E-state index < -0.39 is 12.0 Å². The molecule has 6 heteroatoms. The maximum atomic E-state index is 11.5. The van der Waals surface area contributed by atoms with Gasteiger partial charge in [-0.25, -0.2) is 4.79 Å². The van der Waals surface area contributed by atoms with Crippen LogP contribution in [0.4, 0.5) is 4.79 Å². The zero-order valence-corrected chi connectivity index (χ0v) is 11.8. The molecule has 0 aromatic heterocycles. The van der Waals surface area contributed by atoms with E-state index in [9.17, 15) is 9.59 Å². The highest BCUT2D eigenvalue weighted by Gasteiger charge is 2.07. The molecule has 0 heterocycles. The molecule has 1 aromatic rings. The van der Waals surface area contributed by atoms with Gasteiger partial charge in [0.2, 0.25) is 0 Å². The van der Waals surface area contributed by atoms with Crippen LogP contribution in [0.1, 0.15) is 19.4 Å². The average Bonchev–Trinajstić information content (AvgIpc) is 2.45. The first kappa shape index (κ1) is 15.8. The third-order valence-corrected chi connectivity index (χ3v) is 2.41. The zero-order chi connectivity index (χ0) is 14.8. The largest absolute Gasteiger partial charge is 0.494 e. The van der Waals surface area contributed by atoms with E-state index >= 15 is 0 Å². The Morgan fingerprint density at radius 1 is 1.10 bits per heavy atom. The Morgan fingerprint density at radius 3 is 2.55 bits per heavy atom. The Labute approximate surface area is 118 Å². The third-order valence-electron chi connectivity index (χ3n) is 2.41. The monoisotopic (exact) mass is 280 g/mol. The topological polar surface area (TPSA) is 76.7 Å². The van der Waals surface area contributed by atoms with Crippen molar-refractivity contribution in [2.75, 3.05) is 19.8 Å². The van der Waals surface area contributed by atoms with Crippen LogP contribution in [0.5, 0.6) is 5.75 Å². The van der Waals surface area contributed by atoms with Crippen molar-refractivity contribution >= 4 is 12.0 Å². The fourth-order valence-electron chi connectivity index (χ4n) is 1.55. The molecule has 0 saturated carbocycles. The summed E-state index contributed by atoms with van der Waals surface area (Å²) >= 11 is 0. The molecular weight excluding hydrogens is 260 g/mol. The van der Waals surface area contributed by atoms with Gasteiger partial charge in [-0.1, -0.05) is 18.2 Å². The van der Waals surface area contributed by atoms with E-state index in [1.807, 2.05) is 31.2 Å². The van der Waals surface area contributed by atoms with Crippen molar-refractivity contribution in [2.24, 2.45) is 0 Å². The standard InChI is InChI=1S/C14H20N2O4/c1-3-19-12-8-6-5-7-11(12)9-15-14(18)16-10-13(17)20-4-2/h5-8H,3-4,9-10H2,1-2H3,(H2,15,16,18). The number of hydrogen-bond acceptors (Lipinski definition) is 4. The maximum Gasteiger partial charge on any atom is 0.325 e. The lowest BCUT2D eigenvalue weighted by Crippen LogP contribution is -2.38. The first-order valence-electron chi connectivity index (χ1n) is 6.55. The van der Waals surface area contributed by atoms with Crippen molar-refractivity contribution < 1.29 is 19.1 Å². The predicted octanol–water partition coefficient (Wildman–Crippen LogP) is 1.45. The fraction of sp³-hybridized carbons (Fsp3) is 0.429. The smallest absolute Gasteiger partial charge is 0.325 e. The summed E-state index contributed by atoms with van der Waals surface area (Å²) in [6, 6.07) is 7.03. The zero-order valence-electron chi connectivity index (χ0n) is 11.8. The minimum absolute atomic E-state index is 0.146. The molecule has 0 aliphatic heterocycles. The van der Waals surface area contributed by atoms with Crippen molar-refractivity contribution in [2.45, 2.75) is 20.4 Å². The van der Waals surface area contributed by atoms with Crippen LogP contribution in [0.25, 0.3) is 0 Å². The van der Waals surface area contributed by atoms with E-state index in [1.54, 1.807) is 6.92 Å². The summed E-state index contributed by atoms with van der Waals surface area (Å²) in [4.78, 5) is 22.6. The van der Waals surface area contributed by atoms with Gasteiger partial charge in [0.15, 0.2) is 0 Å². The summed E-state index contributed by atoms with van der Waals surface area (Å²) in [7, 11) is 0. The van der Waals surface area contributed by atoms with Gasteiger partial charge in [-0.15, -0.1) is 0 Å². The molecule has 0 radical (unpaired) electrons. The molecule has 0 atom stereocenters. The summed E-state index contributed by atoms with van der Waals surface area (Å²) in [6.07, 6.45) is 0. The van der Waals surface area contributed by atoms with Crippen molar-refractivity contribution in [1.82, 2.24) is 10.6 Å². The van der Waals surface area contributed by atoms with Crippen LogP contribution in [0.2, 0.25) is 0 Å². The van der Waals surface area contributed by atoms with Crippen molar-refractivity contribution in [3.63, 3.8) is 0 Å². The molecule has 1 rings (SSSR count). The minimum Gasteiger partial charge on any atom is -0.494 e. The molecule has 6 nitrogen and oxygen atoms in total. The molecule has 0 bridgehead atoms. The molecule has 110 valence electrons. The summed E-state index contributed by atoms with van der Waals surface area (Å²) in [6.45, 7) is 4.65. The second-order valence-corrected chi connectivity index (χ2v) is 3.88. The van der Waals surface area contributed by atoms with E-state index in [1.165, 1.54) is 0 Å². The van der Waals surface area contributed by atoms with E-state index in [2.05, 4.69) is 10.6 Å². The quantitative estimate of drug-likeness (QED) is 0.741. The number of esters is 1. The van der Waals surface area contributed by atoms with E-state index in [0.29, 0.717) is 19.8 Å². The number of ether oxygens (including phenoxy) is 2. The van der Waals surface area contributed by atoms with Crippen molar-refractivity contribution in [1.29, 1.82) is 0 Å². The van der Waals surface area contributed by atoms with Crippen LogP contribution in [-0.4, -0.2) is 31.8 Å². The molecule has 0 spiro atoms. The fourth-order valence-corrected chi connectivity index (χ4v) is 1.55. The maximum absolute atomic E-state index is 11.5. The van der Waals surface area contributed by atoms with Gasteiger partial charge in [0.25, 0.3) is 0 Å². The van der Waals surface area contributed by atoms with Crippen LogP contribution in [0.3, 0.4) is 0 Å². The molecule has 0 unspecified atom stereocenters. The molecule has 20 heavy (non-hydrogen) atoms. The lowest BCUT2D eigenvalue weighted by molar-refractivity contribution is -0.141. The number of benzene rings is 1. The first-order valence-corrected chi connectivity index (χ1v) is 6.55. The molecule has 0 aliphatic rings. The van der Waals surface area contributed by atoms with E-state index in [0.717, 1.165) is 11.3 Å². The highest BCUT2D eigenvalue weighted by atomic mass is 16.5. The van der Waals surface area contributed by atoms with Crippen molar-refractivity contribution in [3.05, 3.63) is 29.8 Å². The summed E-state index contributed by atoms with van der Waals surface area (Å²) < 4.78 is 10.2. The number of nitrogens with one attached hydrogen (secondary N) is 2. The van der Waals surface area contributed by atoms with Crippen LogP contribution in [0, 0.1) is 0 Å². The number of hydrogen-bond donors (Lipinski definition) is 2. The van der Waals surface area contributed by atoms with E-state index in [-0.39, 0.29) is 6.54 Å². The lowest BCUT2D eigenvalue weighted by atomic mass is 10.2. The number of carbonyl (C=O) groups excluding carboxylic acids is 2. The normalized spacial score (nSPS) is 9.70. The highest BCUT2D eigenvalue weighted by Crippen LogP contribution is 2.17. The number of rotatable bonds is 7. The van der Waals surface area contributed by atoms with Gasteiger partial charge in [-0.3, -0.25) is 4.79 Å². The molecule has 2 N–H and O–H groups in total. The molecule has 0 fully saturated rings. The predicted molar refractivity (Wildman–Crippen MR) is 74.5 cm³/mol. The summed E-state index contributed by atoms with van der Waals surface area (Å²) in [5, 5.41) is 5.08. The van der Waals surface area contributed by atoms with Crippen LogP contribution >= 0.6 is 0 Å². The Bertz CT molecular complexity index is 449. The van der Waals surface area contributed by atoms with Crippen LogP contribution in [0.15, 0.2) is 24.3 Å². The lowest BCUT2D eigenvalue weighted by Gasteiger charge is -2.11.